The molecule has 0 atom stereocenters. The fourth-order valence-electron chi connectivity index (χ4n) is 1.98. The molecule has 1 aromatic heterocycles. The molecule has 0 saturated heterocycles. The van der Waals surface area contributed by atoms with Gasteiger partial charge in [0.2, 0.25) is 11.7 Å². The third-order valence-corrected chi connectivity index (χ3v) is 3.70. The first kappa shape index (κ1) is 17.6. The first-order valence-electron chi connectivity index (χ1n) is 7.19. The van der Waals surface area contributed by atoms with Crippen LogP contribution in [0, 0.1) is 22.7 Å². The highest BCUT2D eigenvalue weighted by Crippen LogP contribution is 2.17. The van der Waals surface area contributed by atoms with Crippen LogP contribution < -0.4 is 0 Å². The van der Waals surface area contributed by atoms with Crippen LogP contribution in [-0.2, 0) is 11.3 Å². The summed E-state index contributed by atoms with van der Waals surface area (Å²) in [6.45, 7) is 0.483. The molecule has 2 rings (SSSR count). The molecule has 0 aliphatic carbocycles. The second kappa shape index (κ2) is 8.75. The maximum atomic E-state index is 12.3. The highest BCUT2D eigenvalue weighted by molar-refractivity contribution is 9.10. The second-order valence-corrected chi connectivity index (χ2v) is 5.76. The molecule has 9 heteroatoms. The van der Waals surface area contributed by atoms with Crippen molar-refractivity contribution in [1.29, 1.82) is 10.5 Å². The summed E-state index contributed by atoms with van der Waals surface area (Å²) in [6.07, 6.45) is 0.429. The molecule has 0 aliphatic rings. The Balaban J connectivity index is 2.04. The van der Waals surface area contributed by atoms with Crippen LogP contribution in [0.5, 0.6) is 0 Å². The molecule has 0 saturated carbocycles. The van der Waals surface area contributed by atoms with Crippen molar-refractivity contribution in [2.24, 2.45) is 0 Å². The summed E-state index contributed by atoms with van der Waals surface area (Å²) in [5, 5.41) is 29.4. The lowest BCUT2D eigenvalue weighted by Crippen LogP contribution is -2.35. The van der Waals surface area contributed by atoms with Crippen LogP contribution in [0.2, 0.25) is 0 Å². The number of nitriles is 2. The summed E-state index contributed by atoms with van der Waals surface area (Å²) >= 11 is 3.36. The van der Waals surface area contributed by atoms with Crippen LogP contribution in [0.1, 0.15) is 12.8 Å². The molecule has 1 heterocycles. The lowest BCUT2D eigenvalue weighted by Gasteiger charge is -2.19. The molecule has 0 aliphatic heterocycles. The van der Waals surface area contributed by atoms with Gasteiger partial charge in [-0.3, -0.25) is 4.79 Å². The minimum atomic E-state index is -0.250. The Kier molecular flexibility index (Phi) is 6.41. The number of rotatable bonds is 7. The molecule has 1 amide bonds. The van der Waals surface area contributed by atoms with E-state index in [1.165, 1.54) is 9.70 Å². The molecule has 0 spiro atoms. The zero-order valence-corrected chi connectivity index (χ0v) is 14.3. The van der Waals surface area contributed by atoms with Crippen LogP contribution in [0.15, 0.2) is 28.7 Å². The summed E-state index contributed by atoms with van der Waals surface area (Å²) in [4.78, 5) is 15.0. The van der Waals surface area contributed by atoms with Crippen molar-refractivity contribution in [3.8, 4) is 23.5 Å². The van der Waals surface area contributed by atoms with Gasteiger partial charge >= 0.3 is 0 Å². The molecule has 0 bridgehead atoms. The maximum absolute atomic E-state index is 12.3. The topological polar surface area (TPSA) is 111 Å². The number of aromatic nitrogens is 4. The lowest BCUT2D eigenvalue weighted by atomic mass is 10.2. The molecule has 0 radical (unpaired) electrons. The third-order valence-electron chi connectivity index (χ3n) is 3.17. The van der Waals surface area contributed by atoms with Crippen molar-refractivity contribution in [3.63, 3.8) is 0 Å². The van der Waals surface area contributed by atoms with E-state index in [-0.39, 0.29) is 38.4 Å². The van der Waals surface area contributed by atoms with Gasteiger partial charge in [-0.25, -0.2) is 0 Å². The fraction of sp³-hybridized carbons (Fsp3) is 0.333. The van der Waals surface area contributed by atoms with Gasteiger partial charge in [-0.2, -0.15) is 15.3 Å². The van der Waals surface area contributed by atoms with Gasteiger partial charge in [0.05, 0.1) is 25.0 Å². The summed E-state index contributed by atoms with van der Waals surface area (Å²) in [6, 6.07) is 11.4. The van der Waals surface area contributed by atoms with E-state index in [1.54, 1.807) is 0 Å². The SMILES string of the molecule is N#CCCN(CCC#N)C(=O)Cn1nnc(-c2ccc(Br)cc2)n1. The number of amides is 1. The number of carbonyl (C=O) groups excluding carboxylic acids is 1. The molecule has 0 N–H and O–H groups in total. The van der Waals surface area contributed by atoms with Gasteiger partial charge in [-0.1, -0.05) is 15.9 Å². The lowest BCUT2D eigenvalue weighted by molar-refractivity contribution is -0.132. The number of hydrogen-bond acceptors (Lipinski definition) is 6. The highest BCUT2D eigenvalue weighted by Gasteiger charge is 2.15. The van der Waals surface area contributed by atoms with Crippen LogP contribution in [-0.4, -0.2) is 44.1 Å². The second-order valence-electron chi connectivity index (χ2n) is 4.85. The predicted octanol–water partition coefficient (Wildman–Crippen LogP) is 1.76. The molecule has 24 heavy (non-hydrogen) atoms. The van der Waals surface area contributed by atoms with E-state index in [0.29, 0.717) is 5.82 Å². The predicted molar refractivity (Wildman–Crippen MR) is 88.0 cm³/mol. The van der Waals surface area contributed by atoms with E-state index >= 15 is 0 Å². The third kappa shape index (κ3) is 4.86. The quantitative estimate of drug-likeness (QED) is 0.715. The van der Waals surface area contributed by atoms with E-state index in [0.717, 1.165) is 10.0 Å². The first-order valence-corrected chi connectivity index (χ1v) is 7.98. The van der Waals surface area contributed by atoms with Gasteiger partial charge in [0.25, 0.3) is 0 Å². The number of benzene rings is 1. The fourth-order valence-corrected chi connectivity index (χ4v) is 2.24. The Morgan fingerprint density at radius 3 is 2.38 bits per heavy atom. The van der Waals surface area contributed by atoms with Gasteiger partial charge in [0, 0.05) is 23.1 Å². The van der Waals surface area contributed by atoms with E-state index in [4.69, 9.17) is 10.5 Å². The maximum Gasteiger partial charge on any atom is 0.246 e. The standard InChI is InChI=1S/C15H14BrN7O/c16-13-5-3-12(4-6-13)15-19-21-23(20-15)11-14(24)22(9-1-7-17)10-2-8-18/h3-6H,1-2,9-11H2. The number of tetrazole rings is 1. The van der Waals surface area contributed by atoms with Gasteiger partial charge < -0.3 is 4.90 Å². The van der Waals surface area contributed by atoms with Crippen LogP contribution >= 0.6 is 15.9 Å². The average Bonchev–Trinajstić information content (AvgIpc) is 3.04. The Morgan fingerprint density at radius 2 is 1.79 bits per heavy atom. The minimum absolute atomic E-state index is 0.0830. The largest absolute Gasteiger partial charge is 0.339 e. The summed E-state index contributed by atoms with van der Waals surface area (Å²) in [7, 11) is 0. The first-order chi connectivity index (χ1) is 11.6. The van der Waals surface area contributed by atoms with E-state index in [2.05, 4.69) is 31.3 Å². The molecule has 8 nitrogen and oxygen atoms in total. The molecular weight excluding hydrogens is 374 g/mol. The van der Waals surface area contributed by atoms with Crippen LogP contribution in [0.4, 0.5) is 0 Å². The minimum Gasteiger partial charge on any atom is -0.339 e. The van der Waals surface area contributed by atoms with Gasteiger partial charge in [-0.05, 0) is 29.5 Å². The normalized spacial score (nSPS) is 9.96. The molecule has 122 valence electrons. The van der Waals surface area contributed by atoms with Crippen molar-refractivity contribution in [3.05, 3.63) is 28.7 Å². The molecular formula is C15H14BrN7O. The van der Waals surface area contributed by atoms with Crippen LogP contribution in [0.3, 0.4) is 0 Å². The summed E-state index contributed by atoms with van der Waals surface area (Å²) in [5.41, 5.74) is 0.794. The van der Waals surface area contributed by atoms with E-state index in [1.807, 2.05) is 36.4 Å². The van der Waals surface area contributed by atoms with Crippen molar-refractivity contribution < 1.29 is 4.79 Å². The van der Waals surface area contributed by atoms with Crippen molar-refractivity contribution in [1.82, 2.24) is 25.1 Å². The molecule has 2 aromatic rings. The number of carbonyl (C=O) groups is 1. The van der Waals surface area contributed by atoms with Gasteiger partial charge in [0.1, 0.15) is 6.54 Å². The Bertz CT molecular complexity index is 754. The van der Waals surface area contributed by atoms with Gasteiger partial charge in [0.15, 0.2) is 0 Å². The summed E-state index contributed by atoms with van der Waals surface area (Å²) in [5.74, 6) is 0.177. The molecule has 0 unspecified atom stereocenters. The molecule has 1 aromatic carbocycles. The number of halogens is 1. The number of nitrogens with zero attached hydrogens (tertiary/aromatic N) is 7. The Morgan fingerprint density at radius 1 is 1.17 bits per heavy atom. The smallest absolute Gasteiger partial charge is 0.246 e. The van der Waals surface area contributed by atoms with Crippen molar-refractivity contribution in [2.45, 2.75) is 19.4 Å². The Hall–Kier alpha value is -2.78. The Labute approximate surface area is 147 Å². The van der Waals surface area contributed by atoms with E-state index in [9.17, 15) is 4.79 Å². The molecule has 0 fully saturated rings. The number of hydrogen-bond donors (Lipinski definition) is 0. The van der Waals surface area contributed by atoms with Crippen molar-refractivity contribution >= 4 is 21.8 Å². The zero-order chi connectivity index (χ0) is 17.4. The van der Waals surface area contributed by atoms with Crippen LogP contribution in [0.25, 0.3) is 11.4 Å². The van der Waals surface area contributed by atoms with Gasteiger partial charge in [-0.15, -0.1) is 10.2 Å². The summed E-state index contributed by atoms with van der Waals surface area (Å²) < 4.78 is 0.944. The van der Waals surface area contributed by atoms with Crippen molar-refractivity contribution in [2.75, 3.05) is 13.1 Å². The van der Waals surface area contributed by atoms with E-state index < -0.39 is 0 Å². The monoisotopic (exact) mass is 387 g/mol. The average molecular weight is 388 g/mol. The highest BCUT2D eigenvalue weighted by atomic mass is 79.9. The zero-order valence-electron chi connectivity index (χ0n) is 12.8.